The lowest BCUT2D eigenvalue weighted by molar-refractivity contribution is -0.139. The predicted molar refractivity (Wildman–Crippen MR) is 47.1 cm³/mol. The van der Waals surface area contributed by atoms with Gasteiger partial charge in [0.25, 0.3) is 0 Å². The van der Waals surface area contributed by atoms with Gasteiger partial charge >= 0.3 is 5.97 Å². The van der Waals surface area contributed by atoms with E-state index in [1.165, 1.54) is 19.2 Å². The highest BCUT2D eigenvalue weighted by Gasteiger charge is 2.10. The Morgan fingerprint density at radius 2 is 2.31 bits per heavy atom. The van der Waals surface area contributed by atoms with E-state index in [-0.39, 0.29) is 17.0 Å². The third-order valence-corrected chi connectivity index (χ3v) is 1.89. The number of hydrogen-bond acceptors (Lipinski definition) is 2. The van der Waals surface area contributed by atoms with E-state index in [4.69, 9.17) is 11.6 Å². The van der Waals surface area contributed by atoms with Crippen LogP contribution in [0.3, 0.4) is 0 Å². The lowest BCUT2D eigenvalue weighted by atomic mass is 10.1. The Labute approximate surface area is 80.3 Å². The molecule has 0 spiro atoms. The summed E-state index contributed by atoms with van der Waals surface area (Å²) in [5, 5.41) is 0.0152. The maximum atomic E-state index is 13.2. The molecule has 0 unspecified atom stereocenters. The minimum Gasteiger partial charge on any atom is -0.469 e. The summed E-state index contributed by atoms with van der Waals surface area (Å²) in [6, 6.07) is 4.51. The lowest BCUT2D eigenvalue weighted by Gasteiger charge is -2.02. The van der Waals surface area contributed by atoms with Crippen LogP contribution in [0.5, 0.6) is 0 Å². The molecule has 1 rings (SSSR count). The summed E-state index contributed by atoms with van der Waals surface area (Å²) >= 11 is 5.51. The highest BCUT2D eigenvalue weighted by molar-refractivity contribution is 6.30. The molecule has 0 aromatic heterocycles. The van der Waals surface area contributed by atoms with E-state index < -0.39 is 11.8 Å². The van der Waals surface area contributed by atoms with Gasteiger partial charge in [0.1, 0.15) is 5.82 Å². The van der Waals surface area contributed by atoms with Gasteiger partial charge in [0.15, 0.2) is 0 Å². The number of benzene rings is 1. The van der Waals surface area contributed by atoms with Gasteiger partial charge in [0, 0.05) is 5.56 Å². The Morgan fingerprint density at radius 3 is 2.92 bits per heavy atom. The molecule has 0 aliphatic carbocycles. The van der Waals surface area contributed by atoms with E-state index >= 15 is 0 Å². The van der Waals surface area contributed by atoms with Crippen molar-refractivity contribution < 1.29 is 13.9 Å². The Hall–Kier alpha value is -1.09. The minimum atomic E-state index is -0.561. The van der Waals surface area contributed by atoms with Crippen molar-refractivity contribution in [2.75, 3.05) is 7.11 Å². The second kappa shape index (κ2) is 4.23. The molecule has 0 saturated heterocycles. The van der Waals surface area contributed by atoms with Crippen molar-refractivity contribution in [2.45, 2.75) is 6.42 Å². The number of halogens is 2. The first-order valence-corrected chi connectivity index (χ1v) is 4.02. The fraction of sp³-hybridized carbons (Fsp3) is 0.222. The highest BCUT2D eigenvalue weighted by Crippen LogP contribution is 2.18. The van der Waals surface area contributed by atoms with Crippen molar-refractivity contribution in [2.24, 2.45) is 0 Å². The molecular weight excluding hydrogens is 195 g/mol. The van der Waals surface area contributed by atoms with Crippen molar-refractivity contribution in [3.8, 4) is 0 Å². The average molecular weight is 203 g/mol. The summed E-state index contributed by atoms with van der Waals surface area (Å²) in [5.74, 6) is -1.05. The molecule has 0 amide bonds. The molecule has 0 aliphatic heterocycles. The molecule has 0 bridgehead atoms. The Bertz CT molecular complexity index is 325. The first kappa shape index (κ1) is 9.99. The molecule has 0 N–H and O–H groups in total. The molecule has 0 aliphatic rings. The summed E-state index contributed by atoms with van der Waals surface area (Å²) in [4.78, 5) is 10.8. The zero-order valence-corrected chi connectivity index (χ0v) is 7.77. The summed E-state index contributed by atoms with van der Waals surface area (Å²) < 4.78 is 17.6. The van der Waals surface area contributed by atoms with Crippen LogP contribution in [0, 0.1) is 5.82 Å². The van der Waals surface area contributed by atoms with Gasteiger partial charge in [0.05, 0.1) is 18.6 Å². The van der Waals surface area contributed by atoms with Gasteiger partial charge in [0.2, 0.25) is 0 Å². The van der Waals surface area contributed by atoms with Crippen LogP contribution >= 0.6 is 11.6 Å². The fourth-order valence-corrected chi connectivity index (χ4v) is 1.11. The number of carbonyl (C=O) groups excluding carboxylic acids is 1. The Balaban J connectivity index is 2.89. The topological polar surface area (TPSA) is 26.3 Å². The zero-order chi connectivity index (χ0) is 9.84. The summed E-state index contributed by atoms with van der Waals surface area (Å²) in [5.41, 5.74) is 0.249. The molecule has 0 saturated carbocycles. The van der Waals surface area contributed by atoms with Crippen molar-refractivity contribution >= 4 is 17.6 Å². The van der Waals surface area contributed by atoms with Crippen molar-refractivity contribution in [3.05, 3.63) is 34.6 Å². The van der Waals surface area contributed by atoms with E-state index in [9.17, 15) is 9.18 Å². The summed E-state index contributed by atoms with van der Waals surface area (Å²) in [6.45, 7) is 0. The quantitative estimate of drug-likeness (QED) is 0.688. The molecule has 0 fully saturated rings. The molecule has 0 atom stereocenters. The second-order valence-corrected chi connectivity index (χ2v) is 2.87. The van der Waals surface area contributed by atoms with Crippen LogP contribution < -0.4 is 0 Å². The van der Waals surface area contributed by atoms with Crippen LogP contribution in [-0.4, -0.2) is 13.1 Å². The fourth-order valence-electron chi connectivity index (χ4n) is 0.913. The molecule has 13 heavy (non-hydrogen) atoms. The van der Waals surface area contributed by atoms with Gasteiger partial charge in [-0.3, -0.25) is 4.79 Å². The van der Waals surface area contributed by atoms with E-state index in [1.54, 1.807) is 6.07 Å². The largest absolute Gasteiger partial charge is 0.469 e. The van der Waals surface area contributed by atoms with Crippen molar-refractivity contribution in [1.82, 2.24) is 0 Å². The Morgan fingerprint density at radius 1 is 1.62 bits per heavy atom. The van der Waals surface area contributed by atoms with E-state index in [0.29, 0.717) is 0 Å². The van der Waals surface area contributed by atoms with Crippen LogP contribution in [0.2, 0.25) is 5.02 Å². The third-order valence-electron chi connectivity index (χ3n) is 1.59. The molecule has 0 heterocycles. The van der Waals surface area contributed by atoms with Crippen LogP contribution in [-0.2, 0) is 16.0 Å². The van der Waals surface area contributed by atoms with E-state index in [2.05, 4.69) is 4.74 Å². The first-order chi connectivity index (χ1) is 6.15. The molecule has 1 aromatic rings. The second-order valence-electron chi connectivity index (χ2n) is 2.47. The maximum absolute atomic E-state index is 13.2. The number of rotatable bonds is 2. The van der Waals surface area contributed by atoms with Crippen LogP contribution in [0.25, 0.3) is 0 Å². The molecule has 4 heteroatoms. The van der Waals surface area contributed by atoms with Gasteiger partial charge in [-0.2, -0.15) is 0 Å². The first-order valence-electron chi connectivity index (χ1n) is 3.65. The van der Waals surface area contributed by atoms with Gasteiger partial charge in [-0.15, -0.1) is 0 Å². The smallest absolute Gasteiger partial charge is 0.310 e. The van der Waals surface area contributed by atoms with Crippen LogP contribution in [0.15, 0.2) is 18.2 Å². The Kier molecular flexibility index (Phi) is 3.25. The van der Waals surface area contributed by atoms with Crippen molar-refractivity contribution in [1.29, 1.82) is 0 Å². The number of ether oxygens (including phenoxy) is 1. The van der Waals surface area contributed by atoms with Crippen LogP contribution in [0.4, 0.5) is 4.39 Å². The SMILES string of the molecule is COC(=O)Cc1cccc(Cl)c1F. The van der Waals surface area contributed by atoms with Gasteiger partial charge in [-0.05, 0) is 6.07 Å². The van der Waals surface area contributed by atoms with Gasteiger partial charge in [-0.25, -0.2) is 4.39 Å². The average Bonchev–Trinajstić information content (AvgIpc) is 2.13. The standard InChI is InChI=1S/C9H8ClFO2/c1-13-8(12)5-6-3-2-4-7(10)9(6)11/h2-4H,5H2,1H3. The van der Waals surface area contributed by atoms with Gasteiger partial charge < -0.3 is 4.74 Å². The number of hydrogen-bond donors (Lipinski definition) is 0. The van der Waals surface area contributed by atoms with Gasteiger partial charge in [-0.1, -0.05) is 23.7 Å². The predicted octanol–water partition coefficient (Wildman–Crippen LogP) is 2.19. The molecular formula is C9H8ClFO2. The molecule has 1 aromatic carbocycles. The normalized spacial score (nSPS) is 9.77. The zero-order valence-electron chi connectivity index (χ0n) is 7.01. The summed E-state index contributed by atoms with van der Waals surface area (Å²) in [7, 11) is 1.25. The van der Waals surface area contributed by atoms with E-state index in [0.717, 1.165) is 0 Å². The lowest BCUT2D eigenvalue weighted by Crippen LogP contribution is -2.06. The third kappa shape index (κ3) is 2.42. The van der Waals surface area contributed by atoms with Crippen molar-refractivity contribution in [3.63, 3.8) is 0 Å². The number of methoxy groups -OCH3 is 1. The van der Waals surface area contributed by atoms with Crippen LogP contribution in [0.1, 0.15) is 5.56 Å². The minimum absolute atomic E-state index is 0.0152. The highest BCUT2D eigenvalue weighted by atomic mass is 35.5. The number of carbonyl (C=O) groups is 1. The molecule has 70 valence electrons. The summed E-state index contributed by atoms with van der Waals surface area (Å²) in [6.07, 6.45) is -0.0944. The number of esters is 1. The molecule has 2 nitrogen and oxygen atoms in total. The molecule has 0 radical (unpaired) electrons. The van der Waals surface area contributed by atoms with E-state index in [1.807, 2.05) is 0 Å². The monoisotopic (exact) mass is 202 g/mol. The maximum Gasteiger partial charge on any atom is 0.310 e.